The van der Waals surface area contributed by atoms with Crippen molar-refractivity contribution in [3.05, 3.63) is 36.4 Å². The molecule has 2 fully saturated rings. The van der Waals surface area contributed by atoms with Gasteiger partial charge in [0.1, 0.15) is 11.0 Å². The Morgan fingerprint density at radius 1 is 0.541 bits per heavy atom. The Morgan fingerprint density at radius 2 is 0.892 bits per heavy atom. The summed E-state index contributed by atoms with van der Waals surface area (Å²) in [5.41, 5.74) is 2.51. The number of hydrogen-bond donors (Lipinski definition) is 0. The van der Waals surface area contributed by atoms with E-state index in [9.17, 15) is 0 Å². The molecule has 0 bridgehead atoms. The standard InChI is InChI=1S/C26H30B2N2O4S3/c1-23(2)24(3,4)32-27(31-23)19-13-11-17(35-19)15-9-10-16(22-21(15)29-37-30-22)18-12-14-20(36-18)28-33-25(5,6)26(7,8)34-28/h9-14H,1-8H3. The van der Waals surface area contributed by atoms with Crippen LogP contribution in [-0.4, -0.2) is 45.4 Å². The smallest absolute Gasteiger partial charge is 0.399 e. The van der Waals surface area contributed by atoms with E-state index in [0.29, 0.717) is 0 Å². The molecule has 0 saturated carbocycles. The number of thiophene rings is 2. The van der Waals surface area contributed by atoms with Gasteiger partial charge >= 0.3 is 14.2 Å². The Balaban J connectivity index is 1.30. The van der Waals surface area contributed by atoms with E-state index in [-0.39, 0.29) is 36.6 Å². The summed E-state index contributed by atoms with van der Waals surface area (Å²) in [5, 5.41) is 0. The van der Waals surface area contributed by atoms with Gasteiger partial charge in [-0.3, -0.25) is 0 Å². The van der Waals surface area contributed by atoms with E-state index in [1.807, 2.05) is 0 Å². The molecular weight excluding hydrogens is 522 g/mol. The second-order valence-corrected chi connectivity index (χ2v) is 14.5. The van der Waals surface area contributed by atoms with E-state index < -0.39 is 0 Å². The lowest BCUT2D eigenvalue weighted by atomic mass is 9.88. The van der Waals surface area contributed by atoms with Crippen molar-refractivity contribution in [2.75, 3.05) is 0 Å². The van der Waals surface area contributed by atoms with Crippen molar-refractivity contribution < 1.29 is 18.6 Å². The van der Waals surface area contributed by atoms with Crippen molar-refractivity contribution in [2.45, 2.75) is 77.8 Å². The number of nitrogens with zero attached hydrogens (tertiary/aromatic N) is 2. The third-order valence-corrected chi connectivity index (χ3v) is 11.0. The molecule has 6 rings (SSSR count). The average Bonchev–Trinajstić information content (AvgIpc) is 3.60. The first-order chi connectivity index (χ1) is 17.3. The maximum absolute atomic E-state index is 6.26. The molecule has 5 heterocycles. The Labute approximate surface area is 230 Å². The van der Waals surface area contributed by atoms with Crippen LogP contribution < -0.4 is 9.55 Å². The first-order valence-corrected chi connectivity index (χ1v) is 14.8. The Bertz CT molecular complexity index is 1350. The van der Waals surface area contributed by atoms with Crippen LogP contribution in [0.25, 0.3) is 31.9 Å². The number of fused-ring (bicyclic) bond motifs is 1. The highest BCUT2D eigenvalue weighted by atomic mass is 32.1. The van der Waals surface area contributed by atoms with Gasteiger partial charge in [-0.2, -0.15) is 8.75 Å². The minimum absolute atomic E-state index is 0.366. The van der Waals surface area contributed by atoms with Gasteiger partial charge in [0.25, 0.3) is 0 Å². The zero-order valence-corrected chi connectivity index (χ0v) is 24.8. The van der Waals surface area contributed by atoms with Gasteiger partial charge in [-0.05, 0) is 67.5 Å². The predicted octanol–water partition coefficient (Wildman–Crippen LogP) is 5.75. The maximum Gasteiger partial charge on any atom is 0.505 e. The zero-order chi connectivity index (χ0) is 26.4. The van der Waals surface area contributed by atoms with Crippen LogP contribution in [0.4, 0.5) is 0 Å². The third-order valence-electron chi connectivity index (χ3n) is 8.17. The monoisotopic (exact) mass is 552 g/mol. The van der Waals surface area contributed by atoms with Crippen molar-refractivity contribution in [2.24, 2.45) is 0 Å². The largest absolute Gasteiger partial charge is 0.505 e. The predicted molar refractivity (Wildman–Crippen MR) is 155 cm³/mol. The van der Waals surface area contributed by atoms with Crippen LogP contribution in [0.5, 0.6) is 0 Å². The lowest BCUT2D eigenvalue weighted by Gasteiger charge is -2.32. The molecule has 6 nitrogen and oxygen atoms in total. The topological polar surface area (TPSA) is 62.7 Å². The molecule has 0 aliphatic carbocycles. The molecule has 37 heavy (non-hydrogen) atoms. The maximum atomic E-state index is 6.26. The van der Waals surface area contributed by atoms with E-state index in [2.05, 4.69) is 101 Å². The fourth-order valence-electron chi connectivity index (χ4n) is 4.43. The van der Waals surface area contributed by atoms with Crippen molar-refractivity contribution in [1.29, 1.82) is 0 Å². The molecule has 2 aliphatic heterocycles. The van der Waals surface area contributed by atoms with E-state index >= 15 is 0 Å². The van der Waals surface area contributed by atoms with Crippen LogP contribution in [0.2, 0.25) is 0 Å². The minimum Gasteiger partial charge on any atom is -0.399 e. The molecule has 2 saturated heterocycles. The molecular formula is C26H30B2N2O4S3. The summed E-state index contributed by atoms with van der Waals surface area (Å²) in [5.74, 6) is 0. The van der Waals surface area contributed by atoms with Gasteiger partial charge in [0.2, 0.25) is 0 Å². The van der Waals surface area contributed by atoms with Crippen LogP contribution in [0, 0.1) is 0 Å². The first-order valence-electron chi connectivity index (χ1n) is 12.4. The molecule has 192 valence electrons. The molecule has 0 atom stereocenters. The van der Waals surface area contributed by atoms with Crippen LogP contribution in [0.15, 0.2) is 36.4 Å². The van der Waals surface area contributed by atoms with Crippen LogP contribution in [0.1, 0.15) is 55.4 Å². The fourth-order valence-corrected chi connectivity index (χ4v) is 6.99. The number of benzene rings is 1. The molecule has 0 unspecified atom stereocenters. The number of rotatable bonds is 4. The van der Waals surface area contributed by atoms with Gasteiger partial charge in [0, 0.05) is 30.4 Å². The van der Waals surface area contributed by atoms with Crippen molar-refractivity contribution in [3.63, 3.8) is 0 Å². The van der Waals surface area contributed by atoms with Gasteiger partial charge in [-0.1, -0.05) is 24.3 Å². The van der Waals surface area contributed by atoms with Crippen LogP contribution in [0.3, 0.4) is 0 Å². The molecule has 0 radical (unpaired) electrons. The molecule has 0 amide bonds. The number of aromatic nitrogens is 2. The lowest BCUT2D eigenvalue weighted by molar-refractivity contribution is 0.00578. The van der Waals surface area contributed by atoms with E-state index in [1.54, 1.807) is 22.7 Å². The van der Waals surface area contributed by atoms with Gasteiger partial charge in [0.05, 0.1) is 34.1 Å². The molecule has 0 spiro atoms. The summed E-state index contributed by atoms with van der Waals surface area (Å²) in [6, 6.07) is 12.7. The molecule has 2 aliphatic rings. The van der Waals surface area contributed by atoms with Crippen LogP contribution in [-0.2, 0) is 18.6 Å². The molecule has 1 aromatic carbocycles. The second kappa shape index (κ2) is 8.45. The Hall–Kier alpha value is -1.59. The minimum atomic E-state index is -0.369. The summed E-state index contributed by atoms with van der Waals surface area (Å²) < 4.78 is 36.5. The second-order valence-electron chi connectivity index (χ2n) is 11.7. The highest BCUT2D eigenvalue weighted by Crippen LogP contribution is 2.41. The summed E-state index contributed by atoms with van der Waals surface area (Å²) in [4.78, 5) is 2.25. The summed E-state index contributed by atoms with van der Waals surface area (Å²) in [6.45, 7) is 16.6. The normalized spacial score (nSPS) is 21.8. The molecule has 11 heteroatoms. The highest BCUT2D eigenvalue weighted by Gasteiger charge is 2.53. The van der Waals surface area contributed by atoms with E-state index in [1.165, 1.54) is 11.7 Å². The van der Waals surface area contributed by atoms with Crippen molar-refractivity contribution >= 4 is 69.2 Å². The quantitative estimate of drug-likeness (QED) is 0.301. The average molecular weight is 552 g/mol. The van der Waals surface area contributed by atoms with E-state index in [0.717, 1.165) is 41.5 Å². The first kappa shape index (κ1) is 25.7. The van der Waals surface area contributed by atoms with E-state index in [4.69, 9.17) is 18.6 Å². The lowest BCUT2D eigenvalue weighted by Crippen LogP contribution is -2.41. The van der Waals surface area contributed by atoms with Gasteiger partial charge in [-0.15, -0.1) is 22.7 Å². The van der Waals surface area contributed by atoms with Gasteiger partial charge < -0.3 is 18.6 Å². The Kier molecular flexibility index (Phi) is 5.87. The van der Waals surface area contributed by atoms with Crippen molar-refractivity contribution in [3.8, 4) is 20.9 Å². The molecule has 0 N–H and O–H groups in total. The Morgan fingerprint density at radius 3 is 1.24 bits per heavy atom. The number of hydrogen-bond acceptors (Lipinski definition) is 9. The van der Waals surface area contributed by atoms with Gasteiger partial charge in [-0.25, -0.2) is 0 Å². The summed E-state index contributed by atoms with van der Waals surface area (Å²) in [6.07, 6.45) is 0. The fraction of sp³-hybridized carbons (Fsp3) is 0.462. The molecule has 3 aromatic heterocycles. The SMILES string of the molecule is CC1(C)OB(c2ccc(-c3ccc(-c4ccc(B5OC(C)(C)C(C)(C)O5)s4)c4nsnc34)s2)OC1(C)C. The van der Waals surface area contributed by atoms with Crippen LogP contribution >= 0.6 is 34.4 Å². The third kappa shape index (κ3) is 4.14. The molecule has 4 aromatic rings. The summed E-state index contributed by atoms with van der Waals surface area (Å²) >= 11 is 4.61. The van der Waals surface area contributed by atoms with Crippen molar-refractivity contribution in [1.82, 2.24) is 8.75 Å². The zero-order valence-electron chi connectivity index (χ0n) is 22.4. The highest BCUT2D eigenvalue weighted by molar-refractivity contribution is 7.25. The summed E-state index contributed by atoms with van der Waals surface area (Å²) in [7, 11) is -0.738. The van der Waals surface area contributed by atoms with Gasteiger partial charge in [0.15, 0.2) is 0 Å².